The molecule has 0 fully saturated rings. The summed E-state index contributed by atoms with van der Waals surface area (Å²) in [7, 11) is 0. The summed E-state index contributed by atoms with van der Waals surface area (Å²) in [5.41, 5.74) is 0.568. The van der Waals surface area contributed by atoms with Gasteiger partial charge in [-0.15, -0.1) is 0 Å². The van der Waals surface area contributed by atoms with Crippen molar-refractivity contribution in [1.29, 1.82) is 0 Å². The molecule has 2 rings (SSSR count). The van der Waals surface area contributed by atoms with Gasteiger partial charge in [0.25, 0.3) is 0 Å². The molecule has 0 aliphatic carbocycles. The zero-order chi connectivity index (χ0) is 8.55. The fraction of sp³-hybridized carbons (Fsp3) is 0. The quantitative estimate of drug-likeness (QED) is 0.526. The second-order valence-corrected chi connectivity index (χ2v) is 2.38. The number of hydrogen-bond acceptors (Lipinski definition) is 3. The Kier molecular flexibility index (Phi) is 4.79. The van der Waals surface area contributed by atoms with E-state index < -0.39 is 5.97 Å². The van der Waals surface area contributed by atoms with Crippen LogP contribution in [0.5, 0.6) is 0 Å². The molecular formula is C8H7N2NaO3-. The maximum absolute atomic E-state index is 10.4. The molecule has 6 heteroatoms. The van der Waals surface area contributed by atoms with E-state index in [0.29, 0.717) is 5.65 Å². The molecule has 0 aromatic carbocycles. The van der Waals surface area contributed by atoms with Crippen LogP contribution in [0.4, 0.5) is 0 Å². The Morgan fingerprint density at radius 1 is 1.43 bits per heavy atom. The molecule has 5 nitrogen and oxygen atoms in total. The van der Waals surface area contributed by atoms with Gasteiger partial charge in [0.2, 0.25) is 0 Å². The van der Waals surface area contributed by atoms with Crippen LogP contribution in [0.3, 0.4) is 0 Å². The Labute approximate surface area is 102 Å². The maximum Gasteiger partial charge on any atom is 0.137 e. The second-order valence-electron chi connectivity index (χ2n) is 2.38. The fourth-order valence-electron chi connectivity index (χ4n) is 1.03. The molecule has 0 aliphatic rings. The van der Waals surface area contributed by atoms with Crippen molar-refractivity contribution >= 4 is 41.2 Å². The van der Waals surface area contributed by atoms with Crippen LogP contribution in [-0.4, -0.2) is 50.4 Å². The number of imidazole rings is 1. The van der Waals surface area contributed by atoms with E-state index in [0.717, 1.165) is 0 Å². The third-order valence-electron chi connectivity index (χ3n) is 1.57. The summed E-state index contributed by atoms with van der Waals surface area (Å²) >= 11 is 0. The minimum Gasteiger partial charge on any atom is -0.543 e. The van der Waals surface area contributed by atoms with Crippen LogP contribution >= 0.6 is 0 Å². The van der Waals surface area contributed by atoms with Crippen molar-refractivity contribution in [2.24, 2.45) is 0 Å². The first kappa shape index (κ1) is 13.1. The van der Waals surface area contributed by atoms with E-state index in [9.17, 15) is 9.90 Å². The van der Waals surface area contributed by atoms with Gasteiger partial charge in [-0.3, -0.25) is 0 Å². The van der Waals surface area contributed by atoms with Crippen LogP contribution in [-0.2, 0) is 0 Å². The monoisotopic (exact) mass is 202 g/mol. The Balaban J connectivity index is 0.000000845. The number of aromatic nitrogens is 2. The number of aromatic carboxylic acids is 1. The largest absolute Gasteiger partial charge is 0.543 e. The number of rotatable bonds is 1. The summed E-state index contributed by atoms with van der Waals surface area (Å²) in [6.45, 7) is 0. The van der Waals surface area contributed by atoms with Crippen LogP contribution in [0.1, 0.15) is 10.5 Å². The smallest absolute Gasteiger partial charge is 0.137 e. The van der Waals surface area contributed by atoms with E-state index in [4.69, 9.17) is 0 Å². The minimum absolute atomic E-state index is 0. The van der Waals surface area contributed by atoms with Crippen molar-refractivity contribution in [3.63, 3.8) is 0 Å². The Bertz CT molecular complexity index is 408. The third kappa shape index (κ3) is 2.33. The van der Waals surface area contributed by atoms with Gasteiger partial charge in [0.1, 0.15) is 11.3 Å². The number of hydrogen-bond donors (Lipinski definition) is 0. The van der Waals surface area contributed by atoms with E-state index in [2.05, 4.69) is 4.98 Å². The molecule has 0 aliphatic heterocycles. The molecule has 0 saturated carbocycles. The number of nitrogens with zero attached hydrogens (tertiary/aromatic N) is 2. The topological polar surface area (TPSA) is 88.9 Å². The van der Waals surface area contributed by atoms with Gasteiger partial charge in [-0.25, -0.2) is 4.98 Å². The van der Waals surface area contributed by atoms with E-state index in [-0.39, 0.29) is 40.7 Å². The summed E-state index contributed by atoms with van der Waals surface area (Å²) in [6, 6.07) is 5.32. The number of carboxylic acid groups (broad SMARTS) is 1. The average molecular weight is 202 g/mol. The molecule has 2 aromatic heterocycles. The molecule has 1 radical (unpaired) electrons. The number of carboxylic acids is 1. The Morgan fingerprint density at radius 2 is 2.14 bits per heavy atom. The standard InChI is InChI=1S/C8H6N2O2.Na.H2O/c11-8(12)6-5-10-4-2-1-3-7(10)9-6;;/h1-5H,(H,11,12);;1H2/p-1. The predicted molar refractivity (Wildman–Crippen MR) is 48.9 cm³/mol. The van der Waals surface area contributed by atoms with Gasteiger partial charge < -0.3 is 19.8 Å². The maximum atomic E-state index is 10.4. The van der Waals surface area contributed by atoms with Crippen molar-refractivity contribution < 1.29 is 15.4 Å². The molecule has 69 valence electrons. The summed E-state index contributed by atoms with van der Waals surface area (Å²) in [6.07, 6.45) is 3.15. The van der Waals surface area contributed by atoms with Gasteiger partial charge in [0.05, 0.1) is 5.97 Å². The summed E-state index contributed by atoms with van der Waals surface area (Å²) in [5.74, 6) is -1.25. The van der Waals surface area contributed by atoms with Crippen LogP contribution < -0.4 is 5.11 Å². The fourth-order valence-corrected chi connectivity index (χ4v) is 1.03. The Hall–Kier alpha value is -0.880. The van der Waals surface area contributed by atoms with Gasteiger partial charge in [-0.2, -0.15) is 0 Å². The molecule has 0 bridgehead atoms. The summed E-state index contributed by atoms with van der Waals surface area (Å²) in [4.78, 5) is 14.2. The molecule has 0 atom stereocenters. The number of carbonyl (C=O) groups excluding carboxylic acids is 1. The molecule has 0 saturated heterocycles. The molecule has 2 N–H and O–H groups in total. The van der Waals surface area contributed by atoms with Crippen LogP contribution in [0.25, 0.3) is 5.65 Å². The molecule has 0 unspecified atom stereocenters. The zero-order valence-corrected chi connectivity index (χ0v) is 9.60. The molecule has 2 aromatic rings. The van der Waals surface area contributed by atoms with E-state index >= 15 is 0 Å². The molecular weight excluding hydrogens is 195 g/mol. The minimum atomic E-state index is -1.25. The van der Waals surface area contributed by atoms with E-state index in [1.807, 2.05) is 0 Å². The summed E-state index contributed by atoms with van der Waals surface area (Å²) in [5, 5.41) is 10.4. The van der Waals surface area contributed by atoms with Gasteiger partial charge in [0.15, 0.2) is 0 Å². The van der Waals surface area contributed by atoms with Crippen molar-refractivity contribution in [1.82, 2.24) is 9.38 Å². The molecule has 2 heterocycles. The molecule has 0 amide bonds. The van der Waals surface area contributed by atoms with Crippen LogP contribution in [0, 0.1) is 0 Å². The second kappa shape index (κ2) is 5.11. The first-order chi connectivity index (χ1) is 5.77. The average Bonchev–Trinajstić information content (AvgIpc) is 2.46. The zero-order valence-electron chi connectivity index (χ0n) is 7.60. The van der Waals surface area contributed by atoms with Crippen LogP contribution in [0.2, 0.25) is 0 Å². The molecule has 14 heavy (non-hydrogen) atoms. The van der Waals surface area contributed by atoms with Gasteiger partial charge in [0, 0.05) is 42.0 Å². The SMILES string of the molecule is O.O=C([O-])c1cn2ccccc2n1.[Na]. The van der Waals surface area contributed by atoms with Crippen molar-refractivity contribution in [3.8, 4) is 0 Å². The third-order valence-corrected chi connectivity index (χ3v) is 1.57. The van der Waals surface area contributed by atoms with Crippen molar-refractivity contribution in [2.75, 3.05) is 0 Å². The van der Waals surface area contributed by atoms with Crippen molar-refractivity contribution in [2.45, 2.75) is 0 Å². The van der Waals surface area contributed by atoms with Crippen molar-refractivity contribution in [3.05, 3.63) is 36.3 Å². The van der Waals surface area contributed by atoms with Gasteiger partial charge >= 0.3 is 0 Å². The molecule has 0 spiro atoms. The normalized spacial score (nSPS) is 8.86. The van der Waals surface area contributed by atoms with E-state index in [1.165, 1.54) is 6.20 Å². The first-order valence-corrected chi connectivity index (χ1v) is 3.42. The first-order valence-electron chi connectivity index (χ1n) is 3.42. The van der Waals surface area contributed by atoms with Gasteiger partial charge in [-0.1, -0.05) is 6.07 Å². The van der Waals surface area contributed by atoms with Gasteiger partial charge in [-0.05, 0) is 12.1 Å². The number of pyridine rings is 1. The summed E-state index contributed by atoms with van der Waals surface area (Å²) < 4.78 is 1.63. The predicted octanol–water partition coefficient (Wildman–Crippen LogP) is -1.51. The number of carbonyl (C=O) groups is 1. The van der Waals surface area contributed by atoms with Crippen LogP contribution in [0.15, 0.2) is 30.6 Å². The number of fused-ring (bicyclic) bond motifs is 1. The van der Waals surface area contributed by atoms with E-state index in [1.54, 1.807) is 28.8 Å². The Morgan fingerprint density at radius 3 is 2.71 bits per heavy atom.